The van der Waals surface area contributed by atoms with E-state index in [1.54, 1.807) is 4.57 Å². The topological polar surface area (TPSA) is 51.9 Å². The van der Waals surface area contributed by atoms with Gasteiger partial charge in [-0.1, -0.05) is 18.2 Å². The SMILES string of the molecule is Cc1ccccc1-n1nc2n(c1=O)CCCN2. The zero-order valence-corrected chi connectivity index (χ0v) is 9.68. The molecule has 0 aliphatic carbocycles. The summed E-state index contributed by atoms with van der Waals surface area (Å²) >= 11 is 0. The van der Waals surface area contributed by atoms with Crippen LogP contribution in [0.5, 0.6) is 0 Å². The van der Waals surface area contributed by atoms with Gasteiger partial charge in [0, 0.05) is 13.1 Å². The van der Waals surface area contributed by atoms with Crippen molar-refractivity contribution >= 4 is 5.95 Å². The molecule has 1 aromatic carbocycles. The lowest BCUT2D eigenvalue weighted by molar-refractivity contribution is 0.606. The van der Waals surface area contributed by atoms with Gasteiger partial charge in [-0.3, -0.25) is 4.57 Å². The first-order chi connectivity index (χ1) is 8.27. The largest absolute Gasteiger partial charge is 0.354 e. The molecule has 0 spiro atoms. The van der Waals surface area contributed by atoms with Crippen molar-refractivity contribution in [3.05, 3.63) is 40.3 Å². The van der Waals surface area contributed by atoms with E-state index in [-0.39, 0.29) is 5.69 Å². The molecule has 3 rings (SSSR count). The number of nitrogens with zero attached hydrogens (tertiary/aromatic N) is 3. The molecule has 1 aromatic heterocycles. The molecule has 88 valence electrons. The van der Waals surface area contributed by atoms with Crippen LogP contribution in [0.2, 0.25) is 0 Å². The standard InChI is InChI=1S/C12H14N4O/c1-9-5-2-3-6-10(9)16-12(17)15-8-4-7-13-11(15)14-16/h2-3,5-6H,4,7-8H2,1H3,(H,13,14). The fourth-order valence-corrected chi connectivity index (χ4v) is 2.12. The van der Waals surface area contributed by atoms with Crippen LogP contribution in [0.1, 0.15) is 12.0 Å². The molecule has 0 amide bonds. The Labute approximate surface area is 98.7 Å². The van der Waals surface area contributed by atoms with Crippen LogP contribution in [-0.4, -0.2) is 20.9 Å². The first-order valence-corrected chi connectivity index (χ1v) is 5.77. The first kappa shape index (κ1) is 10.1. The molecule has 17 heavy (non-hydrogen) atoms. The van der Waals surface area contributed by atoms with Crippen molar-refractivity contribution in [2.45, 2.75) is 19.9 Å². The lowest BCUT2D eigenvalue weighted by Gasteiger charge is -2.12. The molecular formula is C12H14N4O. The van der Waals surface area contributed by atoms with Crippen molar-refractivity contribution in [3.8, 4) is 5.69 Å². The van der Waals surface area contributed by atoms with Gasteiger partial charge >= 0.3 is 5.69 Å². The molecule has 2 heterocycles. The van der Waals surface area contributed by atoms with Gasteiger partial charge < -0.3 is 5.32 Å². The maximum atomic E-state index is 12.2. The number of fused-ring (bicyclic) bond motifs is 1. The van der Waals surface area contributed by atoms with Gasteiger partial charge in [0.15, 0.2) is 0 Å². The highest BCUT2D eigenvalue weighted by Gasteiger charge is 2.17. The number of hydrogen-bond acceptors (Lipinski definition) is 3. The molecule has 2 aromatic rings. The summed E-state index contributed by atoms with van der Waals surface area (Å²) in [6.45, 7) is 3.60. The van der Waals surface area contributed by atoms with Crippen LogP contribution in [0, 0.1) is 6.92 Å². The third-order valence-corrected chi connectivity index (χ3v) is 3.05. The number of rotatable bonds is 1. The highest BCUT2D eigenvalue weighted by molar-refractivity contribution is 5.40. The molecule has 0 saturated carbocycles. The Morgan fingerprint density at radius 3 is 2.94 bits per heavy atom. The van der Waals surface area contributed by atoms with E-state index < -0.39 is 0 Å². The zero-order chi connectivity index (χ0) is 11.8. The number of aromatic nitrogens is 3. The summed E-state index contributed by atoms with van der Waals surface area (Å²) in [5.74, 6) is 0.671. The van der Waals surface area contributed by atoms with Crippen LogP contribution in [-0.2, 0) is 6.54 Å². The van der Waals surface area contributed by atoms with Crippen molar-refractivity contribution in [2.75, 3.05) is 11.9 Å². The predicted molar refractivity (Wildman–Crippen MR) is 65.7 cm³/mol. The minimum absolute atomic E-state index is 0.0681. The first-order valence-electron chi connectivity index (χ1n) is 5.77. The van der Waals surface area contributed by atoms with Gasteiger partial charge in [-0.05, 0) is 25.0 Å². The summed E-state index contributed by atoms with van der Waals surface area (Å²) in [5, 5.41) is 7.48. The molecule has 5 nitrogen and oxygen atoms in total. The Kier molecular flexibility index (Phi) is 2.24. The number of anilines is 1. The van der Waals surface area contributed by atoms with E-state index >= 15 is 0 Å². The summed E-state index contributed by atoms with van der Waals surface area (Å²) < 4.78 is 3.17. The molecule has 0 saturated heterocycles. The van der Waals surface area contributed by atoms with Crippen molar-refractivity contribution in [3.63, 3.8) is 0 Å². The molecule has 1 aliphatic heterocycles. The van der Waals surface area contributed by atoms with Crippen LogP contribution in [0.3, 0.4) is 0 Å². The normalized spacial score (nSPS) is 14.2. The minimum Gasteiger partial charge on any atom is -0.354 e. The maximum Gasteiger partial charge on any atom is 0.352 e. The second-order valence-electron chi connectivity index (χ2n) is 4.24. The third kappa shape index (κ3) is 1.54. The van der Waals surface area contributed by atoms with Crippen molar-refractivity contribution < 1.29 is 0 Å². The van der Waals surface area contributed by atoms with Crippen LogP contribution in [0.4, 0.5) is 5.95 Å². The van der Waals surface area contributed by atoms with Crippen molar-refractivity contribution in [2.24, 2.45) is 0 Å². The number of benzene rings is 1. The van der Waals surface area contributed by atoms with E-state index in [1.807, 2.05) is 31.2 Å². The Balaban J connectivity index is 2.20. The Hall–Kier alpha value is -2.04. The molecule has 0 unspecified atom stereocenters. The van der Waals surface area contributed by atoms with E-state index in [9.17, 15) is 4.79 Å². The summed E-state index contributed by atoms with van der Waals surface area (Å²) in [5.41, 5.74) is 1.83. The molecule has 0 bridgehead atoms. The van der Waals surface area contributed by atoms with Gasteiger partial charge in [-0.25, -0.2) is 4.79 Å². The zero-order valence-electron chi connectivity index (χ0n) is 9.68. The Bertz CT molecular complexity index is 611. The fraction of sp³-hybridized carbons (Fsp3) is 0.333. The van der Waals surface area contributed by atoms with Gasteiger partial charge in [0.1, 0.15) is 0 Å². The monoisotopic (exact) mass is 230 g/mol. The number of nitrogens with one attached hydrogen (secondary N) is 1. The van der Waals surface area contributed by atoms with Gasteiger partial charge in [0.2, 0.25) is 5.95 Å². The minimum atomic E-state index is -0.0681. The van der Waals surface area contributed by atoms with E-state index in [0.717, 1.165) is 30.8 Å². The van der Waals surface area contributed by atoms with Crippen LogP contribution in [0.15, 0.2) is 29.1 Å². The summed E-state index contributed by atoms with van der Waals surface area (Å²) in [6, 6.07) is 7.77. The highest BCUT2D eigenvalue weighted by atomic mass is 16.2. The summed E-state index contributed by atoms with van der Waals surface area (Å²) in [7, 11) is 0. The number of para-hydroxylation sites is 1. The third-order valence-electron chi connectivity index (χ3n) is 3.05. The second kappa shape index (κ2) is 3.76. The molecule has 5 heteroatoms. The van der Waals surface area contributed by atoms with E-state index in [2.05, 4.69) is 10.4 Å². The molecular weight excluding hydrogens is 216 g/mol. The Morgan fingerprint density at radius 1 is 1.35 bits per heavy atom. The number of hydrogen-bond donors (Lipinski definition) is 1. The molecule has 1 aliphatic rings. The van der Waals surface area contributed by atoms with Gasteiger partial charge in [0.25, 0.3) is 0 Å². The average molecular weight is 230 g/mol. The fourth-order valence-electron chi connectivity index (χ4n) is 2.12. The van der Waals surface area contributed by atoms with Gasteiger partial charge in [0.05, 0.1) is 5.69 Å². The maximum absolute atomic E-state index is 12.2. The molecule has 0 radical (unpaired) electrons. The molecule has 1 N–H and O–H groups in total. The smallest absolute Gasteiger partial charge is 0.352 e. The lowest BCUT2D eigenvalue weighted by atomic mass is 10.2. The highest BCUT2D eigenvalue weighted by Crippen LogP contribution is 2.13. The van der Waals surface area contributed by atoms with E-state index in [1.165, 1.54) is 4.68 Å². The number of aryl methyl sites for hydroxylation is 1. The van der Waals surface area contributed by atoms with E-state index in [4.69, 9.17) is 0 Å². The quantitative estimate of drug-likeness (QED) is 0.799. The average Bonchev–Trinajstić information content (AvgIpc) is 2.68. The van der Waals surface area contributed by atoms with Crippen LogP contribution in [0.25, 0.3) is 5.69 Å². The van der Waals surface area contributed by atoms with Crippen molar-refractivity contribution in [1.29, 1.82) is 0 Å². The molecule has 0 fully saturated rings. The van der Waals surface area contributed by atoms with Gasteiger partial charge in [-0.15, -0.1) is 5.10 Å². The predicted octanol–water partition coefficient (Wildman–Crippen LogP) is 1.16. The van der Waals surface area contributed by atoms with Crippen LogP contribution < -0.4 is 11.0 Å². The second-order valence-corrected chi connectivity index (χ2v) is 4.24. The Morgan fingerprint density at radius 2 is 2.18 bits per heavy atom. The van der Waals surface area contributed by atoms with Crippen molar-refractivity contribution in [1.82, 2.24) is 14.3 Å². The van der Waals surface area contributed by atoms with E-state index in [0.29, 0.717) is 5.95 Å². The van der Waals surface area contributed by atoms with Crippen LogP contribution >= 0.6 is 0 Å². The summed E-state index contributed by atoms with van der Waals surface area (Å²) in [6.07, 6.45) is 0.965. The van der Waals surface area contributed by atoms with Gasteiger partial charge in [-0.2, -0.15) is 4.68 Å². The summed E-state index contributed by atoms with van der Waals surface area (Å²) in [4.78, 5) is 12.2. The molecule has 0 atom stereocenters. The lowest BCUT2D eigenvalue weighted by Crippen LogP contribution is -2.28.